The number of hydrogen-bond acceptors (Lipinski definition) is 5. The number of nitrogens with zero attached hydrogens (tertiary/aromatic N) is 3. The molecule has 110 valence electrons. The highest BCUT2D eigenvalue weighted by Crippen LogP contribution is 2.45. The second kappa shape index (κ2) is 5.16. The van der Waals surface area contributed by atoms with Crippen LogP contribution in [0.25, 0.3) is 0 Å². The van der Waals surface area contributed by atoms with Crippen molar-refractivity contribution >= 4 is 5.91 Å². The van der Waals surface area contributed by atoms with Gasteiger partial charge in [-0.2, -0.15) is 0 Å². The van der Waals surface area contributed by atoms with Crippen molar-refractivity contribution < 1.29 is 14.5 Å². The van der Waals surface area contributed by atoms with E-state index in [1.807, 2.05) is 11.9 Å². The Labute approximate surface area is 118 Å². The smallest absolute Gasteiger partial charge is 0.228 e. The molecule has 0 spiro atoms. The van der Waals surface area contributed by atoms with Gasteiger partial charge in [0.05, 0.1) is 12.5 Å². The Morgan fingerprint density at radius 3 is 2.50 bits per heavy atom. The molecule has 1 aromatic rings. The van der Waals surface area contributed by atoms with Gasteiger partial charge in [-0.3, -0.25) is 4.79 Å². The predicted molar refractivity (Wildman–Crippen MR) is 70.8 cm³/mol. The lowest BCUT2D eigenvalue weighted by molar-refractivity contribution is -0.131. The second-order valence-corrected chi connectivity index (χ2v) is 6.25. The summed E-state index contributed by atoms with van der Waals surface area (Å²) in [6, 6.07) is 0.296. The van der Waals surface area contributed by atoms with Crippen LogP contribution in [-0.4, -0.2) is 45.4 Å². The first kappa shape index (κ1) is 13.5. The molecular weight excluding hydrogens is 258 g/mol. The minimum absolute atomic E-state index is 0.0642. The number of fused-ring (bicyclic) bond motifs is 1. The number of aromatic nitrogens is 2. The van der Waals surface area contributed by atoms with Gasteiger partial charge in [0.2, 0.25) is 5.91 Å². The average Bonchev–Trinajstić information content (AvgIpc) is 3.04. The lowest BCUT2D eigenvalue weighted by Gasteiger charge is -2.25. The number of amides is 1. The van der Waals surface area contributed by atoms with E-state index < -0.39 is 0 Å². The minimum Gasteiger partial charge on any atom is -0.393 e. The standard InChI is InChI=1S/C14H21N3O3/c1-8-13(16-20-15-8)7-14(19)17(2)11-3-9-5-12(18)6-10(9)4-11/h9-12,18H,3-7H2,1-2H3/t9-,10+,11?,12?. The Balaban J connectivity index is 1.58. The molecule has 2 fully saturated rings. The first-order valence-electron chi connectivity index (χ1n) is 7.26. The van der Waals surface area contributed by atoms with E-state index in [0.29, 0.717) is 29.3 Å². The van der Waals surface area contributed by atoms with E-state index in [1.165, 1.54) is 0 Å². The number of hydrogen-bond donors (Lipinski definition) is 1. The van der Waals surface area contributed by atoms with E-state index in [0.717, 1.165) is 25.7 Å². The summed E-state index contributed by atoms with van der Waals surface area (Å²) in [6.45, 7) is 1.79. The number of carbonyl (C=O) groups is 1. The van der Waals surface area contributed by atoms with Crippen LogP contribution in [0.5, 0.6) is 0 Å². The first-order valence-corrected chi connectivity index (χ1v) is 7.26. The van der Waals surface area contributed by atoms with Crippen molar-refractivity contribution in [2.75, 3.05) is 7.05 Å². The maximum Gasteiger partial charge on any atom is 0.228 e. The summed E-state index contributed by atoms with van der Waals surface area (Å²) >= 11 is 0. The van der Waals surface area contributed by atoms with Gasteiger partial charge >= 0.3 is 0 Å². The number of rotatable bonds is 3. The molecule has 4 atom stereocenters. The summed E-state index contributed by atoms with van der Waals surface area (Å²) in [5.41, 5.74) is 1.30. The summed E-state index contributed by atoms with van der Waals surface area (Å²) in [5.74, 6) is 1.23. The van der Waals surface area contributed by atoms with Crippen LogP contribution in [0, 0.1) is 18.8 Å². The van der Waals surface area contributed by atoms with Gasteiger partial charge in [-0.15, -0.1) is 0 Å². The molecule has 0 saturated heterocycles. The number of aliphatic hydroxyl groups is 1. The number of carbonyl (C=O) groups excluding carboxylic acids is 1. The molecule has 0 radical (unpaired) electrons. The Hall–Kier alpha value is -1.43. The highest BCUT2D eigenvalue weighted by molar-refractivity contribution is 5.78. The van der Waals surface area contributed by atoms with Gasteiger partial charge in [0.15, 0.2) is 0 Å². The average molecular weight is 279 g/mol. The van der Waals surface area contributed by atoms with Gasteiger partial charge in [-0.25, -0.2) is 4.63 Å². The molecule has 3 rings (SSSR count). The quantitative estimate of drug-likeness (QED) is 0.890. The van der Waals surface area contributed by atoms with Crippen molar-refractivity contribution in [3.05, 3.63) is 11.4 Å². The first-order chi connectivity index (χ1) is 9.54. The van der Waals surface area contributed by atoms with Crippen molar-refractivity contribution in [3.8, 4) is 0 Å². The predicted octanol–water partition coefficient (Wildman–Crippen LogP) is 0.928. The SMILES string of the molecule is Cc1nonc1CC(=O)N(C)C1C[C@H]2CC(O)C[C@H]2C1. The zero-order valence-electron chi connectivity index (χ0n) is 12.0. The van der Waals surface area contributed by atoms with E-state index in [2.05, 4.69) is 14.9 Å². The molecule has 0 aliphatic heterocycles. The molecule has 1 heterocycles. The summed E-state index contributed by atoms with van der Waals surface area (Å²) in [7, 11) is 1.87. The van der Waals surface area contributed by atoms with Gasteiger partial charge in [-0.05, 0) is 44.4 Å². The van der Waals surface area contributed by atoms with Crippen LogP contribution in [0.15, 0.2) is 4.63 Å². The van der Waals surface area contributed by atoms with E-state index in [-0.39, 0.29) is 18.4 Å². The Morgan fingerprint density at radius 2 is 1.95 bits per heavy atom. The third kappa shape index (κ3) is 2.44. The van der Waals surface area contributed by atoms with E-state index in [9.17, 15) is 9.90 Å². The van der Waals surface area contributed by atoms with Gasteiger partial charge < -0.3 is 10.0 Å². The molecule has 6 nitrogen and oxygen atoms in total. The van der Waals surface area contributed by atoms with Gasteiger partial charge in [0.1, 0.15) is 11.4 Å². The topological polar surface area (TPSA) is 79.5 Å². The van der Waals surface area contributed by atoms with Crippen LogP contribution in [0.1, 0.15) is 37.1 Å². The molecule has 6 heteroatoms. The minimum atomic E-state index is -0.129. The van der Waals surface area contributed by atoms with Crippen molar-refractivity contribution in [1.29, 1.82) is 0 Å². The van der Waals surface area contributed by atoms with Crippen molar-refractivity contribution in [3.63, 3.8) is 0 Å². The van der Waals surface area contributed by atoms with Gasteiger partial charge in [0.25, 0.3) is 0 Å². The molecule has 1 aromatic heterocycles. The van der Waals surface area contributed by atoms with Crippen molar-refractivity contribution in [1.82, 2.24) is 15.2 Å². The number of aryl methyl sites for hydroxylation is 1. The zero-order chi connectivity index (χ0) is 14.3. The Morgan fingerprint density at radius 1 is 1.30 bits per heavy atom. The fourth-order valence-corrected chi connectivity index (χ4v) is 3.75. The van der Waals surface area contributed by atoms with Crippen molar-refractivity contribution in [2.45, 2.75) is 51.2 Å². The number of likely N-dealkylation sites (N-methyl/N-ethyl adjacent to an activating group) is 1. The fraction of sp³-hybridized carbons (Fsp3) is 0.786. The second-order valence-electron chi connectivity index (χ2n) is 6.25. The molecule has 1 amide bonds. The molecule has 0 aromatic carbocycles. The summed E-state index contributed by atoms with van der Waals surface area (Å²) in [6.07, 6.45) is 3.95. The Bertz CT molecular complexity index is 488. The van der Waals surface area contributed by atoms with Crippen molar-refractivity contribution in [2.24, 2.45) is 11.8 Å². The summed E-state index contributed by atoms with van der Waals surface area (Å²) in [5, 5.41) is 17.1. The van der Waals surface area contributed by atoms with Crippen LogP contribution in [0.4, 0.5) is 0 Å². The molecule has 0 bridgehead atoms. The van der Waals surface area contributed by atoms with Gasteiger partial charge in [0, 0.05) is 13.1 Å². The zero-order valence-corrected chi connectivity index (χ0v) is 12.0. The van der Waals surface area contributed by atoms with E-state index in [4.69, 9.17) is 0 Å². The lowest BCUT2D eigenvalue weighted by atomic mass is 10.0. The maximum atomic E-state index is 12.3. The molecule has 2 saturated carbocycles. The van der Waals surface area contributed by atoms with E-state index in [1.54, 1.807) is 6.92 Å². The fourth-order valence-electron chi connectivity index (χ4n) is 3.75. The Kier molecular flexibility index (Phi) is 3.50. The lowest BCUT2D eigenvalue weighted by Crippen LogP contribution is -2.37. The van der Waals surface area contributed by atoms with Crippen LogP contribution < -0.4 is 0 Å². The third-order valence-electron chi connectivity index (χ3n) is 4.97. The summed E-state index contributed by atoms with van der Waals surface area (Å²) < 4.78 is 4.63. The highest BCUT2D eigenvalue weighted by Gasteiger charge is 2.43. The normalized spacial score (nSPS) is 32.4. The van der Waals surface area contributed by atoms with Crippen LogP contribution in [0.2, 0.25) is 0 Å². The van der Waals surface area contributed by atoms with Crippen LogP contribution in [0.3, 0.4) is 0 Å². The molecule has 2 unspecified atom stereocenters. The van der Waals surface area contributed by atoms with Crippen LogP contribution >= 0.6 is 0 Å². The molecule has 20 heavy (non-hydrogen) atoms. The molecule has 2 aliphatic rings. The molecule has 2 aliphatic carbocycles. The van der Waals surface area contributed by atoms with Crippen LogP contribution in [-0.2, 0) is 11.2 Å². The maximum absolute atomic E-state index is 12.3. The molecular formula is C14H21N3O3. The summed E-state index contributed by atoms with van der Waals surface area (Å²) in [4.78, 5) is 14.1. The highest BCUT2D eigenvalue weighted by atomic mass is 16.6. The monoisotopic (exact) mass is 279 g/mol. The third-order valence-corrected chi connectivity index (χ3v) is 4.97. The largest absolute Gasteiger partial charge is 0.393 e. The molecule has 1 N–H and O–H groups in total. The number of aliphatic hydroxyl groups excluding tert-OH is 1. The van der Waals surface area contributed by atoms with Gasteiger partial charge in [-0.1, -0.05) is 10.3 Å². The van der Waals surface area contributed by atoms with E-state index >= 15 is 0 Å².